The van der Waals surface area contributed by atoms with Crippen molar-refractivity contribution >= 4 is 17.4 Å². The number of nitrogens with zero attached hydrogens (tertiary/aromatic N) is 5. The lowest BCUT2D eigenvalue weighted by molar-refractivity contribution is 0.802. The summed E-state index contributed by atoms with van der Waals surface area (Å²) in [7, 11) is 1.90. The van der Waals surface area contributed by atoms with Gasteiger partial charge in [0.15, 0.2) is 5.82 Å². The fourth-order valence-electron chi connectivity index (χ4n) is 1.53. The van der Waals surface area contributed by atoms with E-state index in [0.717, 1.165) is 24.5 Å². The first kappa shape index (κ1) is 12.8. The maximum atomic E-state index is 5.95. The Bertz CT molecular complexity index is 524. The molecule has 0 spiro atoms. The van der Waals surface area contributed by atoms with Gasteiger partial charge in [-0.05, 0) is 6.42 Å². The first-order chi connectivity index (χ1) is 8.69. The number of aryl methyl sites for hydroxylation is 2. The van der Waals surface area contributed by atoms with Gasteiger partial charge in [-0.2, -0.15) is 0 Å². The minimum atomic E-state index is 0.453. The summed E-state index contributed by atoms with van der Waals surface area (Å²) in [6.07, 6.45) is 3.47. The third-order valence-electron chi connectivity index (χ3n) is 2.45. The highest BCUT2D eigenvalue weighted by Crippen LogP contribution is 2.13. The van der Waals surface area contributed by atoms with Gasteiger partial charge in [0.05, 0.1) is 6.54 Å². The number of rotatable bonds is 5. The van der Waals surface area contributed by atoms with Crippen molar-refractivity contribution in [2.45, 2.75) is 26.3 Å². The number of nitrogens with one attached hydrogen (secondary N) is 1. The van der Waals surface area contributed by atoms with Crippen LogP contribution < -0.4 is 5.32 Å². The van der Waals surface area contributed by atoms with E-state index in [1.807, 2.05) is 11.6 Å². The van der Waals surface area contributed by atoms with Crippen molar-refractivity contribution in [2.24, 2.45) is 7.05 Å². The van der Waals surface area contributed by atoms with E-state index in [-0.39, 0.29) is 0 Å². The molecule has 0 bridgehead atoms. The molecule has 0 fully saturated rings. The van der Waals surface area contributed by atoms with Gasteiger partial charge in [0.2, 0.25) is 0 Å². The SMILES string of the molecule is CCCc1nc(Cl)cc(NCc2nncn2C)n1. The molecular formula is C11H15ClN6. The van der Waals surface area contributed by atoms with Crippen molar-refractivity contribution < 1.29 is 0 Å². The average Bonchev–Trinajstić information content (AvgIpc) is 2.72. The predicted octanol–water partition coefficient (Wildman–Crippen LogP) is 1.82. The Balaban J connectivity index is 2.07. The summed E-state index contributed by atoms with van der Waals surface area (Å²) in [4.78, 5) is 8.56. The van der Waals surface area contributed by atoms with Crippen LogP contribution in [0.2, 0.25) is 5.15 Å². The van der Waals surface area contributed by atoms with Gasteiger partial charge in [-0.15, -0.1) is 10.2 Å². The molecule has 7 heteroatoms. The third-order valence-corrected chi connectivity index (χ3v) is 2.64. The minimum absolute atomic E-state index is 0.453. The molecule has 0 radical (unpaired) electrons. The number of hydrogen-bond donors (Lipinski definition) is 1. The number of anilines is 1. The molecule has 6 nitrogen and oxygen atoms in total. The first-order valence-corrected chi connectivity index (χ1v) is 6.17. The number of halogens is 1. The number of hydrogen-bond acceptors (Lipinski definition) is 5. The fraction of sp³-hybridized carbons (Fsp3) is 0.455. The van der Waals surface area contributed by atoms with Crippen LogP contribution in [0, 0.1) is 0 Å². The van der Waals surface area contributed by atoms with Crippen LogP contribution in [0.1, 0.15) is 25.0 Å². The van der Waals surface area contributed by atoms with Crippen molar-refractivity contribution in [3.8, 4) is 0 Å². The Morgan fingerprint density at radius 3 is 2.89 bits per heavy atom. The molecule has 2 rings (SSSR count). The molecule has 0 saturated carbocycles. The molecule has 0 amide bonds. The second-order valence-electron chi connectivity index (χ2n) is 3.95. The van der Waals surface area contributed by atoms with E-state index in [0.29, 0.717) is 17.5 Å². The Labute approximate surface area is 110 Å². The molecule has 0 aliphatic heterocycles. The molecule has 0 saturated heterocycles. The van der Waals surface area contributed by atoms with Gasteiger partial charge in [0.1, 0.15) is 23.1 Å². The lowest BCUT2D eigenvalue weighted by Crippen LogP contribution is -2.08. The normalized spacial score (nSPS) is 10.6. The summed E-state index contributed by atoms with van der Waals surface area (Å²) < 4.78 is 1.85. The van der Waals surface area contributed by atoms with Crippen molar-refractivity contribution in [3.63, 3.8) is 0 Å². The first-order valence-electron chi connectivity index (χ1n) is 5.79. The molecule has 0 unspecified atom stereocenters. The van der Waals surface area contributed by atoms with E-state index in [1.54, 1.807) is 12.4 Å². The zero-order valence-corrected chi connectivity index (χ0v) is 11.1. The van der Waals surface area contributed by atoms with E-state index in [2.05, 4.69) is 32.4 Å². The Morgan fingerprint density at radius 1 is 1.39 bits per heavy atom. The van der Waals surface area contributed by atoms with E-state index >= 15 is 0 Å². The summed E-state index contributed by atoms with van der Waals surface area (Å²) >= 11 is 5.95. The lowest BCUT2D eigenvalue weighted by atomic mass is 10.3. The van der Waals surface area contributed by atoms with E-state index < -0.39 is 0 Å². The summed E-state index contributed by atoms with van der Waals surface area (Å²) in [5.41, 5.74) is 0. The molecule has 2 aromatic rings. The van der Waals surface area contributed by atoms with Crippen molar-refractivity contribution in [1.29, 1.82) is 0 Å². The summed E-state index contributed by atoms with van der Waals surface area (Å²) in [6, 6.07) is 1.71. The van der Waals surface area contributed by atoms with E-state index in [4.69, 9.17) is 11.6 Å². The standard InChI is InChI=1S/C11H15ClN6/c1-3-4-9-15-8(12)5-10(16-9)13-6-11-17-14-7-18(11)2/h5,7H,3-4,6H2,1-2H3,(H,13,15,16). The van der Waals surface area contributed by atoms with Gasteiger partial charge >= 0.3 is 0 Å². The van der Waals surface area contributed by atoms with Gasteiger partial charge in [-0.1, -0.05) is 18.5 Å². The molecule has 0 atom stereocenters. The summed E-state index contributed by atoms with van der Waals surface area (Å²) in [6.45, 7) is 2.63. The second kappa shape index (κ2) is 5.77. The maximum absolute atomic E-state index is 5.95. The van der Waals surface area contributed by atoms with Gasteiger partial charge in [0, 0.05) is 19.5 Å². The zero-order valence-electron chi connectivity index (χ0n) is 10.4. The molecule has 18 heavy (non-hydrogen) atoms. The zero-order chi connectivity index (χ0) is 13.0. The van der Waals surface area contributed by atoms with Gasteiger partial charge < -0.3 is 9.88 Å². The molecule has 2 heterocycles. The van der Waals surface area contributed by atoms with Crippen molar-refractivity contribution in [2.75, 3.05) is 5.32 Å². The highest BCUT2D eigenvalue weighted by molar-refractivity contribution is 6.29. The Kier molecular flexibility index (Phi) is 4.09. The van der Waals surface area contributed by atoms with Crippen LogP contribution in [0.3, 0.4) is 0 Å². The van der Waals surface area contributed by atoms with E-state index in [9.17, 15) is 0 Å². The monoisotopic (exact) mass is 266 g/mol. The third kappa shape index (κ3) is 3.16. The van der Waals surface area contributed by atoms with Crippen LogP contribution in [0.15, 0.2) is 12.4 Å². The molecule has 2 aromatic heterocycles. The molecule has 0 aromatic carbocycles. The highest BCUT2D eigenvalue weighted by atomic mass is 35.5. The highest BCUT2D eigenvalue weighted by Gasteiger charge is 2.04. The quantitative estimate of drug-likeness (QED) is 0.836. The van der Waals surface area contributed by atoms with Crippen LogP contribution in [0.4, 0.5) is 5.82 Å². The van der Waals surface area contributed by atoms with Crippen LogP contribution >= 0.6 is 11.6 Å². The topological polar surface area (TPSA) is 68.5 Å². The van der Waals surface area contributed by atoms with Crippen LogP contribution in [-0.4, -0.2) is 24.7 Å². The van der Waals surface area contributed by atoms with Crippen LogP contribution in [-0.2, 0) is 20.0 Å². The van der Waals surface area contributed by atoms with Gasteiger partial charge in [-0.3, -0.25) is 0 Å². The largest absolute Gasteiger partial charge is 0.363 e. The summed E-state index contributed by atoms with van der Waals surface area (Å²) in [5.74, 6) is 2.30. The smallest absolute Gasteiger partial charge is 0.151 e. The number of aromatic nitrogens is 5. The maximum Gasteiger partial charge on any atom is 0.151 e. The average molecular weight is 267 g/mol. The van der Waals surface area contributed by atoms with E-state index in [1.165, 1.54) is 0 Å². The van der Waals surface area contributed by atoms with Crippen molar-refractivity contribution in [1.82, 2.24) is 24.7 Å². The molecular weight excluding hydrogens is 252 g/mol. The molecule has 0 aliphatic carbocycles. The van der Waals surface area contributed by atoms with Crippen LogP contribution in [0.5, 0.6) is 0 Å². The lowest BCUT2D eigenvalue weighted by Gasteiger charge is -2.07. The second-order valence-corrected chi connectivity index (χ2v) is 4.34. The molecule has 0 aliphatic rings. The Morgan fingerprint density at radius 2 is 2.22 bits per heavy atom. The fourth-order valence-corrected chi connectivity index (χ4v) is 1.73. The van der Waals surface area contributed by atoms with Gasteiger partial charge in [-0.25, -0.2) is 9.97 Å². The minimum Gasteiger partial charge on any atom is -0.363 e. The van der Waals surface area contributed by atoms with Gasteiger partial charge in [0.25, 0.3) is 0 Å². The Hall–Kier alpha value is -1.69. The van der Waals surface area contributed by atoms with Crippen molar-refractivity contribution in [3.05, 3.63) is 29.2 Å². The summed E-state index contributed by atoms with van der Waals surface area (Å²) in [5, 5.41) is 11.4. The molecule has 96 valence electrons. The van der Waals surface area contributed by atoms with Crippen LogP contribution in [0.25, 0.3) is 0 Å². The molecule has 1 N–H and O–H groups in total. The predicted molar refractivity (Wildman–Crippen MR) is 69.4 cm³/mol.